The number of carbonyl (C=O) groups is 1. The largest absolute Gasteiger partial charge is 0.477 e. The molecule has 0 saturated heterocycles. The molecule has 5 heteroatoms. The van der Waals surface area contributed by atoms with E-state index in [1.807, 2.05) is 13.0 Å². The van der Waals surface area contributed by atoms with Gasteiger partial charge in [0, 0.05) is 0 Å². The topological polar surface area (TPSA) is 67.5 Å². The smallest absolute Gasteiger partial charge is 0.343 e. The van der Waals surface area contributed by atoms with Gasteiger partial charge in [-0.3, -0.25) is 4.79 Å². The lowest BCUT2D eigenvalue weighted by Gasteiger charge is -2.06. The Bertz CT molecular complexity index is 859. The third kappa shape index (κ3) is 1.92. The molecule has 2 aromatic heterocycles. The van der Waals surface area contributed by atoms with Crippen molar-refractivity contribution in [3.63, 3.8) is 0 Å². The van der Waals surface area contributed by atoms with Crippen molar-refractivity contribution in [1.29, 1.82) is 0 Å². The third-order valence-electron chi connectivity index (χ3n) is 3.00. The van der Waals surface area contributed by atoms with Crippen molar-refractivity contribution in [3.8, 4) is 10.6 Å². The van der Waals surface area contributed by atoms with E-state index in [4.69, 9.17) is 4.42 Å². The Morgan fingerprint density at radius 3 is 2.75 bits per heavy atom. The summed E-state index contributed by atoms with van der Waals surface area (Å²) in [5.74, 6) is -1.15. The molecule has 0 fully saturated rings. The Morgan fingerprint density at radius 2 is 2.10 bits per heavy atom. The van der Waals surface area contributed by atoms with Crippen molar-refractivity contribution in [2.45, 2.75) is 6.92 Å². The summed E-state index contributed by atoms with van der Waals surface area (Å²) in [5.41, 5.74) is 0.454. The van der Waals surface area contributed by atoms with Crippen LogP contribution in [0.3, 0.4) is 0 Å². The molecule has 0 atom stereocenters. The predicted molar refractivity (Wildman–Crippen MR) is 77.5 cm³/mol. The molecular weight excluding hydrogens is 276 g/mol. The number of hydrogen-bond acceptors (Lipinski definition) is 4. The molecule has 0 radical (unpaired) electrons. The Morgan fingerprint density at radius 1 is 1.30 bits per heavy atom. The second kappa shape index (κ2) is 4.61. The quantitative estimate of drug-likeness (QED) is 0.782. The number of carboxylic acids is 1. The first-order valence-corrected chi connectivity index (χ1v) is 6.80. The molecule has 20 heavy (non-hydrogen) atoms. The Labute approximate surface area is 117 Å². The average Bonchev–Trinajstić information content (AvgIpc) is 2.92. The van der Waals surface area contributed by atoms with Crippen LogP contribution in [0.15, 0.2) is 44.9 Å². The van der Waals surface area contributed by atoms with Gasteiger partial charge in [-0.1, -0.05) is 17.7 Å². The van der Waals surface area contributed by atoms with E-state index >= 15 is 0 Å². The highest BCUT2D eigenvalue weighted by Crippen LogP contribution is 2.29. The van der Waals surface area contributed by atoms with Gasteiger partial charge in [-0.05, 0) is 30.5 Å². The van der Waals surface area contributed by atoms with E-state index in [0.717, 1.165) is 5.56 Å². The van der Waals surface area contributed by atoms with E-state index in [1.165, 1.54) is 11.3 Å². The molecule has 0 bridgehead atoms. The zero-order chi connectivity index (χ0) is 14.3. The number of hydrogen-bond donors (Lipinski definition) is 1. The summed E-state index contributed by atoms with van der Waals surface area (Å²) < 4.78 is 5.66. The second-order valence-corrected chi connectivity index (χ2v) is 5.37. The minimum absolute atomic E-state index is 0.119. The van der Waals surface area contributed by atoms with E-state index in [1.54, 1.807) is 29.6 Å². The van der Waals surface area contributed by atoms with Gasteiger partial charge >= 0.3 is 5.97 Å². The van der Waals surface area contributed by atoms with Gasteiger partial charge in [0.25, 0.3) is 0 Å². The summed E-state index contributed by atoms with van der Waals surface area (Å²) in [7, 11) is 0. The van der Waals surface area contributed by atoms with Gasteiger partial charge in [0.15, 0.2) is 11.3 Å². The van der Waals surface area contributed by atoms with E-state index in [2.05, 4.69) is 0 Å². The van der Waals surface area contributed by atoms with E-state index in [9.17, 15) is 14.7 Å². The molecule has 2 heterocycles. The van der Waals surface area contributed by atoms with Crippen molar-refractivity contribution < 1.29 is 14.3 Å². The van der Waals surface area contributed by atoms with Crippen molar-refractivity contribution in [3.05, 3.63) is 57.1 Å². The van der Waals surface area contributed by atoms with E-state index < -0.39 is 11.4 Å². The first kappa shape index (κ1) is 12.6. The Kier molecular flexibility index (Phi) is 2.91. The molecule has 3 rings (SSSR count). The lowest BCUT2D eigenvalue weighted by Crippen LogP contribution is -2.16. The average molecular weight is 286 g/mol. The molecule has 0 saturated carbocycles. The number of thiophene rings is 1. The molecule has 4 nitrogen and oxygen atoms in total. The van der Waals surface area contributed by atoms with Crippen LogP contribution in [0.2, 0.25) is 0 Å². The number of fused-ring (bicyclic) bond motifs is 1. The van der Waals surface area contributed by atoms with Gasteiger partial charge < -0.3 is 9.52 Å². The summed E-state index contributed by atoms with van der Waals surface area (Å²) in [6, 6.07) is 8.67. The van der Waals surface area contributed by atoms with E-state index in [-0.39, 0.29) is 11.3 Å². The maximum Gasteiger partial charge on any atom is 0.343 e. The lowest BCUT2D eigenvalue weighted by atomic mass is 10.1. The SMILES string of the molecule is Cc1ccc2oc(-c3cccs3)c(C(=O)O)c(=O)c2c1. The summed E-state index contributed by atoms with van der Waals surface area (Å²) in [5, 5.41) is 11.4. The molecule has 1 N–H and O–H groups in total. The molecule has 0 aliphatic rings. The summed E-state index contributed by atoms with van der Waals surface area (Å²) >= 11 is 1.33. The highest BCUT2D eigenvalue weighted by Gasteiger charge is 2.22. The van der Waals surface area contributed by atoms with Crippen LogP contribution in [0, 0.1) is 6.92 Å². The Balaban J connectivity index is 2.46. The number of aryl methyl sites for hydroxylation is 1. The first-order chi connectivity index (χ1) is 9.58. The van der Waals surface area contributed by atoms with Gasteiger partial charge in [-0.25, -0.2) is 4.79 Å². The zero-order valence-electron chi connectivity index (χ0n) is 10.5. The minimum atomic E-state index is -1.27. The van der Waals surface area contributed by atoms with Crippen molar-refractivity contribution >= 4 is 28.3 Å². The summed E-state index contributed by atoms with van der Waals surface area (Å²) in [4.78, 5) is 24.4. The molecule has 0 aliphatic carbocycles. The van der Waals surface area contributed by atoms with Crippen molar-refractivity contribution in [2.24, 2.45) is 0 Å². The molecule has 1 aromatic carbocycles. The molecule has 0 amide bonds. The van der Waals surface area contributed by atoms with Crippen molar-refractivity contribution in [1.82, 2.24) is 0 Å². The third-order valence-corrected chi connectivity index (χ3v) is 3.87. The number of rotatable bonds is 2. The molecule has 100 valence electrons. The fourth-order valence-corrected chi connectivity index (χ4v) is 2.80. The summed E-state index contributed by atoms with van der Waals surface area (Å²) in [6.45, 7) is 1.84. The van der Waals surface area contributed by atoms with Crippen LogP contribution >= 0.6 is 11.3 Å². The fourth-order valence-electron chi connectivity index (χ4n) is 2.08. The molecule has 0 unspecified atom stereocenters. The zero-order valence-corrected chi connectivity index (χ0v) is 11.4. The van der Waals surface area contributed by atoms with Crippen LogP contribution in [0.1, 0.15) is 15.9 Å². The normalized spacial score (nSPS) is 10.8. The van der Waals surface area contributed by atoms with Gasteiger partial charge in [-0.2, -0.15) is 0 Å². The van der Waals surface area contributed by atoms with Crippen LogP contribution < -0.4 is 5.43 Å². The van der Waals surface area contributed by atoms with Crippen LogP contribution in [0.25, 0.3) is 21.6 Å². The molecule has 0 spiro atoms. The fraction of sp³-hybridized carbons (Fsp3) is 0.0667. The molecular formula is C15H10O4S. The predicted octanol–water partition coefficient (Wildman–Crippen LogP) is 3.53. The van der Waals surface area contributed by atoms with Gasteiger partial charge in [0.05, 0.1) is 10.3 Å². The van der Waals surface area contributed by atoms with Gasteiger partial charge in [0.2, 0.25) is 5.43 Å². The first-order valence-electron chi connectivity index (χ1n) is 5.92. The minimum Gasteiger partial charge on any atom is -0.477 e. The van der Waals surface area contributed by atoms with Gasteiger partial charge in [-0.15, -0.1) is 11.3 Å². The number of aromatic carboxylic acids is 1. The van der Waals surface area contributed by atoms with Crippen LogP contribution in [-0.4, -0.2) is 11.1 Å². The standard InChI is InChI=1S/C15H10O4S/c1-8-4-5-10-9(7-8)13(16)12(15(17)18)14(19-10)11-3-2-6-20-11/h2-7H,1H3,(H,17,18). The van der Waals surface area contributed by atoms with Crippen molar-refractivity contribution in [2.75, 3.05) is 0 Å². The molecule has 3 aromatic rings. The highest BCUT2D eigenvalue weighted by atomic mass is 32.1. The molecule has 0 aliphatic heterocycles. The van der Waals surface area contributed by atoms with Crippen LogP contribution in [-0.2, 0) is 0 Å². The maximum absolute atomic E-state index is 12.4. The second-order valence-electron chi connectivity index (χ2n) is 4.42. The monoisotopic (exact) mass is 286 g/mol. The van der Waals surface area contributed by atoms with Crippen LogP contribution in [0.5, 0.6) is 0 Å². The number of carboxylic acid groups (broad SMARTS) is 1. The maximum atomic E-state index is 12.4. The Hall–Kier alpha value is -2.40. The van der Waals surface area contributed by atoms with Crippen LogP contribution in [0.4, 0.5) is 0 Å². The number of benzene rings is 1. The highest BCUT2D eigenvalue weighted by molar-refractivity contribution is 7.13. The lowest BCUT2D eigenvalue weighted by molar-refractivity contribution is 0.0694. The van der Waals surface area contributed by atoms with E-state index in [0.29, 0.717) is 15.8 Å². The summed E-state index contributed by atoms with van der Waals surface area (Å²) in [6.07, 6.45) is 0. The van der Waals surface area contributed by atoms with Gasteiger partial charge in [0.1, 0.15) is 5.58 Å².